The fourth-order valence-corrected chi connectivity index (χ4v) is 5.32. The molecule has 0 heterocycles. The highest BCUT2D eigenvalue weighted by Gasteiger charge is 2.68. The minimum Gasteiger partial charge on any atom is -0.484 e. The van der Waals surface area contributed by atoms with E-state index in [-0.39, 0.29) is 46.6 Å². The zero-order chi connectivity index (χ0) is 24.3. The lowest BCUT2D eigenvalue weighted by atomic mass is 9.38. The van der Waals surface area contributed by atoms with Crippen molar-refractivity contribution in [3.05, 3.63) is 58.9 Å². The van der Waals surface area contributed by atoms with Gasteiger partial charge in [-0.05, 0) is 60.9 Å². The van der Waals surface area contributed by atoms with Gasteiger partial charge >= 0.3 is 0 Å². The van der Waals surface area contributed by atoms with Gasteiger partial charge in [0.1, 0.15) is 18.2 Å². The monoisotopic (exact) mass is 488 g/mol. The van der Waals surface area contributed by atoms with Crippen molar-refractivity contribution in [3.63, 3.8) is 0 Å². The second-order valence-electron chi connectivity index (χ2n) is 9.81. The van der Waals surface area contributed by atoms with Crippen molar-refractivity contribution in [2.45, 2.75) is 37.6 Å². The summed E-state index contributed by atoms with van der Waals surface area (Å²) in [6.45, 7) is 0.438. The molecule has 34 heavy (non-hydrogen) atoms. The Bertz CT molecular complexity index is 1050. The van der Waals surface area contributed by atoms with Crippen molar-refractivity contribution >= 4 is 29.0 Å². The molecule has 2 aromatic rings. The largest absolute Gasteiger partial charge is 0.484 e. The molecule has 0 spiro atoms. The molecule has 3 aliphatic carbocycles. The SMILES string of the molecule is CN(C)c1cccc(CCOCC(=O)CC23CC(NC(=O)COc4ccc(Cl)c(F)c4)(C2)C3)c1. The summed E-state index contributed by atoms with van der Waals surface area (Å²) >= 11 is 5.64. The van der Waals surface area contributed by atoms with E-state index >= 15 is 0 Å². The van der Waals surface area contributed by atoms with E-state index in [1.165, 1.54) is 17.7 Å². The molecule has 0 radical (unpaired) electrons. The fourth-order valence-electron chi connectivity index (χ4n) is 5.20. The molecular formula is C26H30ClFN2O4. The number of ketones is 1. The number of halogens is 2. The number of benzene rings is 2. The summed E-state index contributed by atoms with van der Waals surface area (Å²) in [6.07, 6.45) is 3.64. The highest BCUT2D eigenvalue weighted by Crippen LogP contribution is 2.68. The molecule has 2 bridgehead atoms. The highest BCUT2D eigenvalue weighted by molar-refractivity contribution is 6.30. The van der Waals surface area contributed by atoms with E-state index in [1.54, 1.807) is 0 Å². The number of ether oxygens (including phenoxy) is 2. The number of rotatable bonds is 12. The predicted molar refractivity (Wildman–Crippen MR) is 129 cm³/mol. The quantitative estimate of drug-likeness (QED) is 0.454. The van der Waals surface area contributed by atoms with Crippen molar-refractivity contribution in [2.24, 2.45) is 5.41 Å². The minimum absolute atomic E-state index is 0.00528. The van der Waals surface area contributed by atoms with Crippen molar-refractivity contribution in [2.75, 3.05) is 38.8 Å². The van der Waals surface area contributed by atoms with Crippen LogP contribution in [0, 0.1) is 11.2 Å². The summed E-state index contributed by atoms with van der Waals surface area (Å²) < 4.78 is 24.4. The van der Waals surface area contributed by atoms with E-state index in [0.29, 0.717) is 13.0 Å². The second kappa shape index (κ2) is 9.92. The molecule has 0 atom stereocenters. The Morgan fingerprint density at radius 1 is 1.12 bits per heavy atom. The van der Waals surface area contributed by atoms with E-state index in [4.69, 9.17) is 21.1 Å². The Kier molecular flexibility index (Phi) is 7.14. The Morgan fingerprint density at radius 2 is 1.88 bits per heavy atom. The molecule has 8 heteroatoms. The molecule has 3 fully saturated rings. The van der Waals surface area contributed by atoms with E-state index in [1.807, 2.05) is 20.2 Å². The van der Waals surface area contributed by atoms with Crippen LogP contribution < -0.4 is 15.0 Å². The molecule has 3 saturated carbocycles. The van der Waals surface area contributed by atoms with Gasteiger partial charge in [0, 0.05) is 37.8 Å². The summed E-state index contributed by atoms with van der Waals surface area (Å²) in [6, 6.07) is 12.3. The van der Waals surface area contributed by atoms with E-state index < -0.39 is 5.82 Å². The maximum Gasteiger partial charge on any atom is 0.258 e. The standard InChI is InChI=1S/C26H30ClFN2O4/c1-30(2)19-5-3-4-18(10-19)8-9-33-13-20(31)12-25-15-26(16-25,17-25)29-24(32)14-34-21-6-7-22(27)23(28)11-21/h3-7,10-11H,8-9,12-17H2,1-2H3,(H,29,32). The van der Waals surface area contributed by atoms with Gasteiger partial charge < -0.3 is 19.7 Å². The molecule has 6 nitrogen and oxygen atoms in total. The van der Waals surface area contributed by atoms with Crippen LogP contribution in [0.4, 0.5) is 10.1 Å². The normalized spacial score (nSPS) is 22.4. The van der Waals surface area contributed by atoms with Crippen LogP contribution in [0.1, 0.15) is 31.2 Å². The summed E-state index contributed by atoms with van der Waals surface area (Å²) in [5, 5.41) is 3.01. The van der Waals surface area contributed by atoms with Gasteiger partial charge in [-0.15, -0.1) is 0 Å². The van der Waals surface area contributed by atoms with Crippen LogP contribution >= 0.6 is 11.6 Å². The lowest BCUT2D eigenvalue weighted by Gasteiger charge is -2.70. The lowest BCUT2D eigenvalue weighted by molar-refractivity contribution is -0.174. The Labute approximate surface area is 204 Å². The maximum absolute atomic E-state index is 13.5. The zero-order valence-electron chi connectivity index (χ0n) is 19.5. The molecule has 3 aliphatic rings. The Balaban J connectivity index is 1.11. The number of hydrogen-bond donors (Lipinski definition) is 1. The van der Waals surface area contributed by atoms with E-state index in [9.17, 15) is 14.0 Å². The van der Waals surface area contributed by atoms with Gasteiger partial charge in [0.05, 0.1) is 11.6 Å². The highest BCUT2D eigenvalue weighted by atomic mass is 35.5. The number of hydrogen-bond acceptors (Lipinski definition) is 5. The maximum atomic E-state index is 13.5. The van der Waals surface area contributed by atoms with Gasteiger partial charge in [-0.25, -0.2) is 4.39 Å². The fraction of sp³-hybridized carbons (Fsp3) is 0.462. The van der Waals surface area contributed by atoms with Gasteiger partial charge in [-0.3, -0.25) is 9.59 Å². The average Bonchev–Trinajstić information content (AvgIpc) is 2.75. The molecule has 0 aliphatic heterocycles. The van der Waals surface area contributed by atoms with Gasteiger partial charge in [0.25, 0.3) is 5.91 Å². The van der Waals surface area contributed by atoms with E-state index in [2.05, 4.69) is 28.4 Å². The zero-order valence-corrected chi connectivity index (χ0v) is 20.3. The van der Waals surface area contributed by atoms with Gasteiger partial charge in [0.15, 0.2) is 12.4 Å². The van der Waals surface area contributed by atoms with E-state index in [0.717, 1.165) is 37.4 Å². The number of carbonyl (C=O) groups is 2. The summed E-state index contributed by atoms with van der Waals surface area (Å²) in [4.78, 5) is 26.7. The van der Waals surface area contributed by atoms with Gasteiger partial charge in [-0.1, -0.05) is 23.7 Å². The van der Waals surface area contributed by atoms with Crippen LogP contribution in [0.25, 0.3) is 0 Å². The first-order valence-corrected chi connectivity index (χ1v) is 11.8. The smallest absolute Gasteiger partial charge is 0.258 e. The summed E-state index contributed by atoms with van der Waals surface area (Å²) in [7, 11) is 4.01. The second-order valence-corrected chi connectivity index (χ2v) is 10.2. The lowest BCUT2D eigenvalue weighted by Crippen LogP contribution is -2.75. The van der Waals surface area contributed by atoms with Crippen molar-refractivity contribution in [1.82, 2.24) is 5.32 Å². The van der Waals surface area contributed by atoms with Crippen LogP contribution in [0.3, 0.4) is 0 Å². The molecule has 0 saturated heterocycles. The van der Waals surface area contributed by atoms with Crippen molar-refractivity contribution in [3.8, 4) is 5.75 Å². The topological polar surface area (TPSA) is 67.9 Å². The molecule has 1 N–H and O–H groups in total. The average molecular weight is 489 g/mol. The van der Waals surface area contributed by atoms with Crippen molar-refractivity contribution < 1.29 is 23.5 Å². The van der Waals surface area contributed by atoms with Crippen LogP contribution in [-0.2, 0) is 20.7 Å². The van der Waals surface area contributed by atoms with Crippen LogP contribution in [0.15, 0.2) is 42.5 Å². The number of carbonyl (C=O) groups excluding carboxylic acids is 2. The van der Waals surface area contributed by atoms with Crippen LogP contribution in [-0.4, -0.2) is 51.1 Å². The molecule has 2 aromatic carbocycles. The molecule has 0 unspecified atom stereocenters. The number of nitrogens with zero attached hydrogens (tertiary/aromatic N) is 1. The van der Waals surface area contributed by atoms with Gasteiger partial charge in [0.2, 0.25) is 0 Å². The first kappa shape index (κ1) is 24.5. The third kappa shape index (κ3) is 5.70. The third-order valence-electron chi connectivity index (χ3n) is 6.60. The molecule has 1 amide bonds. The first-order chi connectivity index (χ1) is 16.2. The molecule has 5 rings (SSSR count). The first-order valence-electron chi connectivity index (χ1n) is 11.4. The van der Waals surface area contributed by atoms with Crippen LogP contribution in [0.2, 0.25) is 5.02 Å². The Hall–Kier alpha value is -2.64. The summed E-state index contributed by atoms with van der Waals surface area (Å²) in [5.74, 6) is -0.485. The predicted octanol–water partition coefficient (Wildman–Crippen LogP) is 4.18. The molecule has 0 aromatic heterocycles. The molecular weight excluding hydrogens is 459 g/mol. The van der Waals surface area contributed by atoms with Crippen LogP contribution in [0.5, 0.6) is 5.75 Å². The number of anilines is 1. The number of amides is 1. The molecule has 182 valence electrons. The summed E-state index contributed by atoms with van der Waals surface area (Å²) in [5.41, 5.74) is 2.09. The Morgan fingerprint density at radius 3 is 2.59 bits per heavy atom. The minimum atomic E-state index is -0.590. The van der Waals surface area contributed by atoms with Gasteiger partial charge in [-0.2, -0.15) is 0 Å². The third-order valence-corrected chi connectivity index (χ3v) is 6.91. The van der Waals surface area contributed by atoms with Crippen molar-refractivity contribution in [1.29, 1.82) is 0 Å². The number of nitrogens with one attached hydrogen (secondary N) is 1. The number of Topliss-reactive ketones (excluding diaryl/α,β-unsaturated/α-hetero) is 1.